The summed E-state index contributed by atoms with van der Waals surface area (Å²) in [5, 5.41) is 15.1. The molecule has 0 unspecified atom stereocenters. The lowest BCUT2D eigenvalue weighted by atomic mass is 9.93. The number of anilines is 1. The predicted molar refractivity (Wildman–Crippen MR) is 144 cm³/mol. The minimum atomic E-state index is 0.0263. The molecule has 0 aliphatic heterocycles. The Morgan fingerprint density at radius 1 is 0.771 bits per heavy atom. The number of nitrogens with two attached hydrogens (primary N) is 1. The Morgan fingerprint density at radius 2 is 1.46 bits per heavy atom. The SMILES string of the molecule is CC[C@@H](N)CNc1nc(-c2cc(-c3ccccc3-c3ccccc3)ccc2O)nc2ccccc12. The standard InChI is InChI=1S/C30H28N4O/c1-2-22(31)19-32-29-25-14-8-9-15-27(25)33-30(34-29)26-18-21(16-17-28(26)35)24-13-7-6-12-23(24)20-10-4-3-5-11-20/h3-18,22,35H,2,19,31H2,1H3,(H,32,33,34)/t22-/m1/s1. The Hall–Kier alpha value is -4.22. The second kappa shape index (κ2) is 9.95. The van der Waals surface area contributed by atoms with Crippen LogP contribution >= 0.6 is 0 Å². The van der Waals surface area contributed by atoms with Crippen LogP contribution in [0.25, 0.3) is 44.5 Å². The van der Waals surface area contributed by atoms with Crippen molar-refractivity contribution < 1.29 is 5.11 Å². The van der Waals surface area contributed by atoms with Crippen molar-refractivity contribution in [3.05, 3.63) is 97.1 Å². The van der Waals surface area contributed by atoms with E-state index < -0.39 is 0 Å². The molecule has 0 radical (unpaired) electrons. The molecule has 1 atom stereocenters. The molecular formula is C30H28N4O. The van der Waals surface area contributed by atoms with Crippen molar-refractivity contribution >= 4 is 16.7 Å². The highest BCUT2D eigenvalue weighted by Crippen LogP contribution is 2.37. The molecule has 4 N–H and O–H groups in total. The van der Waals surface area contributed by atoms with Crippen LogP contribution in [0.1, 0.15) is 13.3 Å². The fraction of sp³-hybridized carbons (Fsp3) is 0.133. The number of aromatic nitrogens is 2. The number of phenols is 1. The second-order valence-corrected chi connectivity index (χ2v) is 8.61. The average molecular weight is 461 g/mol. The molecule has 35 heavy (non-hydrogen) atoms. The van der Waals surface area contributed by atoms with Crippen molar-refractivity contribution in [2.45, 2.75) is 19.4 Å². The van der Waals surface area contributed by atoms with Crippen molar-refractivity contribution in [3.8, 4) is 39.4 Å². The minimum absolute atomic E-state index is 0.0263. The zero-order valence-corrected chi connectivity index (χ0v) is 19.6. The lowest BCUT2D eigenvalue weighted by molar-refractivity contribution is 0.477. The van der Waals surface area contributed by atoms with Gasteiger partial charge in [0.15, 0.2) is 5.82 Å². The largest absolute Gasteiger partial charge is 0.507 e. The lowest BCUT2D eigenvalue weighted by Gasteiger charge is -2.15. The van der Waals surface area contributed by atoms with Gasteiger partial charge in [-0.3, -0.25) is 0 Å². The fourth-order valence-electron chi connectivity index (χ4n) is 4.19. The number of rotatable bonds is 7. The summed E-state index contributed by atoms with van der Waals surface area (Å²) in [6.07, 6.45) is 0.868. The quantitative estimate of drug-likeness (QED) is 0.259. The first-order valence-electron chi connectivity index (χ1n) is 11.9. The van der Waals surface area contributed by atoms with E-state index in [1.165, 1.54) is 0 Å². The number of nitrogens with zero attached hydrogens (tertiary/aromatic N) is 2. The maximum absolute atomic E-state index is 10.8. The van der Waals surface area contributed by atoms with Gasteiger partial charge in [-0.15, -0.1) is 0 Å². The van der Waals surface area contributed by atoms with Gasteiger partial charge in [-0.1, -0.05) is 79.7 Å². The van der Waals surface area contributed by atoms with Gasteiger partial charge >= 0.3 is 0 Å². The zero-order chi connectivity index (χ0) is 24.2. The molecule has 0 saturated heterocycles. The fourth-order valence-corrected chi connectivity index (χ4v) is 4.19. The van der Waals surface area contributed by atoms with Gasteiger partial charge in [-0.2, -0.15) is 0 Å². The second-order valence-electron chi connectivity index (χ2n) is 8.61. The molecule has 1 aromatic heterocycles. The molecule has 5 nitrogen and oxygen atoms in total. The molecular weight excluding hydrogens is 432 g/mol. The van der Waals surface area contributed by atoms with Crippen LogP contribution < -0.4 is 11.1 Å². The van der Waals surface area contributed by atoms with E-state index in [0.717, 1.165) is 39.6 Å². The molecule has 0 amide bonds. The Labute approximate surface area is 205 Å². The van der Waals surface area contributed by atoms with E-state index in [4.69, 9.17) is 15.7 Å². The molecule has 0 aliphatic carbocycles. The summed E-state index contributed by atoms with van der Waals surface area (Å²) < 4.78 is 0. The number of hydrogen-bond donors (Lipinski definition) is 3. The number of aromatic hydroxyl groups is 1. The van der Waals surface area contributed by atoms with Crippen molar-refractivity contribution in [1.82, 2.24) is 9.97 Å². The molecule has 5 rings (SSSR count). The monoisotopic (exact) mass is 460 g/mol. The first-order chi connectivity index (χ1) is 17.1. The molecule has 174 valence electrons. The van der Waals surface area contributed by atoms with Gasteiger partial charge in [-0.05, 0) is 52.9 Å². The highest BCUT2D eigenvalue weighted by atomic mass is 16.3. The van der Waals surface area contributed by atoms with Crippen LogP contribution in [0.4, 0.5) is 5.82 Å². The molecule has 0 bridgehead atoms. The summed E-state index contributed by atoms with van der Waals surface area (Å²) >= 11 is 0. The van der Waals surface area contributed by atoms with Crippen LogP contribution in [0.15, 0.2) is 97.1 Å². The van der Waals surface area contributed by atoms with E-state index in [0.29, 0.717) is 23.8 Å². The normalized spacial score (nSPS) is 11.9. The van der Waals surface area contributed by atoms with Crippen molar-refractivity contribution in [1.29, 1.82) is 0 Å². The van der Waals surface area contributed by atoms with Gasteiger partial charge in [0.05, 0.1) is 11.1 Å². The summed E-state index contributed by atoms with van der Waals surface area (Å²) in [6, 6.07) is 32.1. The smallest absolute Gasteiger partial charge is 0.165 e. The highest BCUT2D eigenvalue weighted by molar-refractivity contribution is 5.92. The maximum Gasteiger partial charge on any atom is 0.165 e. The third-order valence-electron chi connectivity index (χ3n) is 6.22. The minimum Gasteiger partial charge on any atom is -0.507 e. The van der Waals surface area contributed by atoms with Crippen molar-refractivity contribution in [2.75, 3.05) is 11.9 Å². The number of para-hydroxylation sites is 1. The van der Waals surface area contributed by atoms with Gasteiger partial charge in [0.2, 0.25) is 0 Å². The topological polar surface area (TPSA) is 84.1 Å². The van der Waals surface area contributed by atoms with E-state index in [1.807, 2.05) is 66.7 Å². The molecule has 0 spiro atoms. The summed E-state index contributed by atoms with van der Waals surface area (Å²) in [5.41, 5.74) is 11.8. The lowest BCUT2D eigenvalue weighted by Crippen LogP contribution is -2.28. The molecule has 0 saturated carbocycles. The van der Waals surface area contributed by atoms with Gasteiger partial charge in [0.1, 0.15) is 11.6 Å². The number of nitrogens with one attached hydrogen (secondary N) is 1. The molecule has 1 heterocycles. The predicted octanol–water partition coefficient (Wildman–Crippen LogP) is 6.49. The van der Waals surface area contributed by atoms with Gasteiger partial charge in [0.25, 0.3) is 0 Å². The summed E-state index contributed by atoms with van der Waals surface area (Å²) in [4.78, 5) is 9.60. The van der Waals surface area contributed by atoms with Crippen LogP contribution in [0.5, 0.6) is 5.75 Å². The third kappa shape index (κ3) is 4.72. The van der Waals surface area contributed by atoms with Crippen LogP contribution in [0.3, 0.4) is 0 Å². The van der Waals surface area contributed by atoms with E-state index in [2.05, 4.69) is 36.5 Å². The van der Waals surface area contributed by atoms with E-state index in [-0.39, 0.29) is 11.8 Å². The molecule has 5 aromatic rings. The number of fused-ring (bicyclic) bond motifs is 1. The van der Waals surface area contributed by atoms with Gasteiger partial charge in [-0.25, -0.2) is 9.97 Å². The highest BCUT2D eigenvalue weighted by Gasteiger charge is 2.15. The van der Waals surface area contributed by atoms with E-state index >= 15 is 0 Å². The number of benzene rings is 4. The Kier molecular flexibility index (Phi) is 6.42. The Morgan fingerprint density at radius 3 is 2.23 bits per heavy atom. The van der Waals surface area contributed by atoms with E-state index in [1.54, 1.807) is 6.07 Å². The first-order valence-corrected chi connectivity index (χ1v) is 11.9. The summed E-state index contributed by atoms with van der Waals surface area (Å²) in [5.74, 6) is 1.31. The van der Waals surface area contributed by atoms with Crippen LogP contribution in [-0.2, 0) is 0 Å². The van der Waals surface area contributed by atoms with Gasteiger partial charge < -0.3 is 16.2 Å². The van der Waals surface area contributed by atoms with E-state index in [9.17, 15) is 5.11 Å². The van der Waals surface area contributed by atoms with Crippen LogP contribution in [-0.4, -0.2) is 27.7 Å². The third-order valence-corrected chi connectivity index (χ3v) is 6.22. The van der Waals surface area contributed by atoms with Crippen molar-refractivity contribution in [3.63, 3.8) is 0 Å². The van der Waals surface area contributed by atoms with Crippen LogP contribution in [0, 0.1) is 0 Å². The van der Waals surface area contributed by atoms with Crippen molar-refractivity contribution in [2.24, 2.45) is 5.73 Å². The number of hydrogen-bond acceptors (Lipinski definition) is 5. The summed E-state index contributed by atoms with van der Waals surface area (Å²) in [7, 11) is 0. The molecule has 0 aliphatic rings. The first kappa shape index (κ1) is 22.6. The van der Waals surface area contributed by atoms with Crippen LogP contribution in [0.2, 0.25) is 0 Å². The maximum atomic E-state index is 10.8. The Balaban J connectivity index is 1.62. The molecule has 0 fully saturated rings. The average Bonchev–Trinajstić information content (AvgIpc) is 2.92. The molecule has 5 heteroatoms. The van der Waals surface area contributed by atoms with Gasteiger partial charge in [0, 0.05) is 18.0 Å². The Bertz CT molecular complexity index is 1470. The molecule has 4 aromatic carbocycles. The summed E-state index contributed by atoms with van der Waals surface area (Å²) in [6.45, 7) is 2.67. The number of phenolic OH excluding ortho intramolecular Hbond substituents is 1. The zero-order valence-electron chi connectivity index (χ0n) is 19.6.